The molecule has 16 heavy (non-hydrogen) atoms. The van der Waals surface area contributed by atoms with Gasteiger partial charge in [0, 0.05) is 22.1 Å². The van der Waals surface area contributed by atoms with E-state index in [9.17, 15) is 12.8 Å². The monoisotopic (exact) mass is 357 g/mol. The van der Waals surface area contributed by atoms with Crippen LogP contribution in [0.1, 0.15) is 6.42 Å². The van der Waals surface area contributed by atoms with Crippen molar-refractivity contribution in [2.24, 2.45) is 0 Å². The molecule has 1 aromatic carbocycles. The molecule has 0 bridgehead atoms. The van der Waals surface area contributed by atoms with E-state index in [-0.39, 0.29) is 11.6 Å². The number of rotatable bonds is 5. The average molecular weight is 357 g/mol. The van der Waals surface area contributed by atoms with Crippen LogP contribution in [0.2, 0.25) is 0 Å². The van der Waals surface area contributed by atoms with Gasteiger partial charge in [0.25, 0.3) is 0 Å². The lowest BCUT2D eigenvalue weighted by Crippen LogP contribution is -2.10. The van der Waals surface area contributed by atoms with E-state index >= 15 is 0 Å². The van der Waals surface area contributed by atoms with Gasteiger partial charge in [-0.2, -0.15) is 0 Å². The molecule has 0 amide bonds. The molecule has 0 spiro atoms. The standard InChI is InChI=1S/C10H13FINO2S/c1-16(14,15)6-2-5-13-10-4-3-8(11)7-9(10)12/h3-4,7,13H,2,5-6H2,1H3. The molecule has 6 heteroatoms. The van der Waals surface area contributed by atoms with Crippen molar-refractivity contribution >= 4 is 38.1 Å². The minimum Gasteiger partial charge on any atom is -0.384 e. The third-order valence-corrected chi connectivity index (χ3v) is 3.86. The zero-order valence-electron chi connectivity index (χ0n) is 8.83. The Morgan fingerprint density at radius 3 is 2.69 bits per heavy atom. The van der Waals surface area contributed by atoms with Crippen LogP contribution in [0.3, 0.4) is 0 Å². The molecular weight excluding hydrogens is 344 g/mol. The third-order valence-electron chi connectivity index (χ3n) is 1.94. The second-order valence-electron chi connectivity index (χ2n) is 3.53. The Morgan fingerprint density at radius 2 is 2.12 bits per heavy atom. The van der Waals surface area contributed by atoms with Crippen LogP contribution < -0.4 is 5.32 Å². The molecule has 0 aliphatic carbocycles. The molecule has 0 heterocycles. The Hall–Kier alpha value is -0.370. The van der Waals surface area contributed by atoms with E-state index in [1.165, 1.54) is 18.4 Å². The molecule has 0 aliphatic heterocycles. The van der Waals surface area contributed by atoms with Crippen molar-refractivity contribution in [1.82, 2.24) is 0 Å². The SMILES string of the molecule is CS(=O)(=O)CCCNc1ccc(F)cc1I. The van der Waals surface area contributed by atoms with E-state index in [0.717, 1.165) is 9.26 Å². The quantitative estimate of drug-likeness (QED) is 0.650. The van der Waals surface area contributed by atoms with Gasteiger partial charge in [0.15, 0.2) is 0 Å². The van der Waals surface area contributed by atoms with Crippen molar-refractivity contribution in [2.75, 3.05) is 23.9 Å². The summed E-state index contributed by atoms with van der Waals surface area (Å²) < 4.78 is 35.3. The smallest absolute Gasteiger partial charge is 0.147 e. The number of nitrogens with one attached hydrogen (secondary N) is 1. The van der Waals surface area contributed by atoms with Crippen LogP contribution in [0.25, 0.3) is 0 Å². The van der Waals surface area contributed by atoms with Crippen LogP contribution in [0.4, 0.5) is 10.1 Å². The lowest BCUT2D eigenvalue weighted by molar-refractivity contribution is 0.600. The van der Waals surface area contributed by atoms with Gasteiger partial charge in [-0.15, -0.1) is 0 Å². The number of hydrogen-bond donors (Lipinski definition) is 1. The van der Waals surface area contributed by atoms with Gasteiger partial charge in [0.1, 0.15) is 15.7 Å². The summed E-state index contributed by atoms with van der Waals surface area (Å²) in [4.78, 5) is 0. The largest absolute Gasteiger partial charge is 0.384 e. The fourth-order valence-corrected chi connectivity index (χ4v) is 2.53. The molecule has 1 aromatic rings. The van der Waals surface area contributed by atoms with E-state index in [1.807, 2.05) is 22.6 Å². The van der Waals surface area contributed by atoms with Crippen molar-refractivity contribution in [3.8, 4) is 0 Å². The summed E-state index contributed by atoms with van der Waals surface area (Å²) in [6.07, 6.45) is 1.76. The molecule has 3 nitrogen and oxygen atoms in total. The summed E-state index contributed by atoms with van der Waals surface area (Å²) in [7, 11) is -2.90. The lowest BCUT2D eigenvalue weighted by Gasteiger charge is -2.07. The van der Waals surface area contributed by atoms with Gasteiger partial charge in [-0.3, -0.25) is 0 Å². The summed E-state index contributed by atoms with van der Waals surface area (Å²) in [6.45, 7) is 0.564. The predicted octanol–water partition coefficient (Wildman–Crippen LogP) is 2.28. The van der Waals surface area contributed by atoms with Crippen LogP contribution in [0.15, 0.2) is 18.2 Å². The molecule has 0 fully saturated rings. The minimum atomic E-state index is -2.90. The van der Waals surface area contributed by atoms with Gasteiger partial charge in [-0.25, -0.2) is 12.8 Å². The Labute approximate surface area is 108 Å². The highest BCUT2D eigenvalue weighted by Crippen LogP contribution is 2.18. The maximum absolute atomic E-state index is 12.8. The normalized spacial score (nSPS) is 11.4. The Morgan fingerprint density at radius 1 is 1.44 bits per heavy atom. The molecule has 0 saturated heterocycles. The highest BCUT2D eigenvalue weighted by atomic mass is 127. The minimum absolute atomic E-state index is 0.164. The van der Waals surface area contributed by atoms with Gasteiger partial charge < -0.3 is 5.32 Å². The molecule has 90 valence electrons. The van der Waals surface area contributed by atoms with E-state index in [0.29, 0.717) is 13.0 Å². The van der Waals surface area contributed by atoms with Gasteiger partial charge >= 0.3 is 0 Å². The second-order valence-corrected chi connectivity index (χ2v) is 6.96. The molecule has 1 rings (SSSR count). The molecule has 0 saturated carbocycles. The number of halogens is 2. The number of benzene rings is 1. The van der Waals surface area contributed by atoms with Gasteiger partial charge in [0.05, 0.1) is 5.75 Å². The zero-order valence-corrected chi connectivity index (χ0v) is 11.8. The van der Waals surface area contributed by atoms with Gasteiger partial charge in [-0.05, 0) is 47.2 Å². The van der Waals surface area contributed by atoms with Crippen molar-refractivity contribution in [2.45, 2.75) is 6.42 Å². The lowest BCUT2D eigenvalue weighted by atomic mass is 10.3. The van der Waals surface area contributed by atoms with E-state index < -0.39 is 9.84 Å². The molecule has 1 N–H and O–H groups in total. The van der Waals surface area contributed by atoms with E-state index in [4.69, 9.17) is 0 Å². The predicted molar refractivity (Wildman–Crippen MR) is 71.9 cm³/mol. The fraction of sp³-hybridized carbons (Fsp3) is 0.400. The topological polar surface area (TPSA) is 46.2 Å². The molecule has 0 atom stereocenters. The number of anilines is 1. The van der Waals surface area contributed by atoms with Crippen molar-refractivity contribution < 1.29 is 12.8 Å². The average Bonchev–Trinajstić information content (AvgIpc) is 2.13. The molecule has 0 aliphatic rings. The summed E-state index contributed by atoms with van der Waals surface area (Å²) in [6, 6.07) is 4.46. The van der Waals surface area contributed by atoms with Crippen LogP contribution in [-0.2, 0) is 9.84 Å². The van der Waals surface area contributed by atoms with Crippen molar-refractivity contribution in [3.63, 3.8) is 0 Å². The summed E-state index contributed by atoms with van der Waals surface area (Å²) in [5.41, 5.74) is 0.829. The maximum Gasteiger partial charge on any atom is 0.147 e. The first-order chi connectivity index (χ1) is 7.38. The summed E-state index contributed by atoms with van der Waals surface area (Å²) >= 11 is 2.03. The van der Waals surface area contributed by atoms with Crippen LogP contribution in [0.5, 0.6) is 0 Å². The highest BCUT2D eigenvalue weighted by Gasteiger charge is 2.03. The number of hydrogen-bond acceptors (Lipinski definition) is 3. The van der Waals surface area contributed by atoms with Crippen LogP contribution in [-0.4, -0.2) is 27.0 Å². The van der Waals surface area contributed by atoms with Crippen molar-refractivity contribution in [1.29, 1.82) is 0 Å². The maximum atomic E-state index is 12.8. The second kappa shape index (κ2) is 5.81. The van der Waals surface area contributed by atoms with Crippen molar-refractivity contribution in [3.05, 3.63) is 27.6 Å². The number of sulfone groups is 1. The van der Waals surface area contributed by atoms with Gasteiger partial charge in [0.2, 0.25) is 0 Å². The third kappa shape index (κ3) is 5.11. The summed E-state index contributed by atoms with van der Waals surface area (Å²) in [5, 5.41) is 3.07. The first-order valence-electron chi connectivity index (χ1n) is 4.75. The first-order valence-corrected chi connectivity index (χ1v) is 7.89. The van der Waals surface area contributed by atoms with Gasteiger partial charge in [-0.1, -0.05) is 0 Å². The Kier molecular flexibility index (Phi) is 4.97. The molecule has 0 unspecified atom stereocenters. The fourth-order valence-electron chi connectivity index (χ4n) is 1.19. The van der Waals surface area contributed by atoms with Crippen LogP contribution >= 0.6 is 22.6 Å². The highest BCUT2D eigenvalue weighted by molar-refractivity contribution is 14.1. The Bertz CT molecular complexity index is 462. The Balaban J connectivity index is 2.43. The first kappa shape index (κ1) is 13.7. The molecule has 0 radical (unpaired) electrons. The molecular formula is C10H13FINO2S. The summed E-state index contributed by atoms with van der Waals surface area (Å²) in [5.74, 6) is -0.108. The van der Waals surface area contributed by atoms with E-state index in [1.54, 1.807) is 6.07 Å². The zero-order chi connectivity index (χ0) is 12.2. The van der Waals surface area contributed by atoms with Crippen LogP contribution in [0, 0.1) is 9.39 Å². The van der Waals surface area contributed by atoms with E-state index in [2.05, 4.69) is 5.32 Å². The molecule has 0 aromatic heterocycles.